The molecule has 178 valence electrons. The molecule has 7 nitrogen and oxygen atoms in total. The van der Waals surface area contributed by atoms with Gasteiger partial charge < -0.3 is 15.5 Å². The molecule has 1 aliphatic heterocycles. The van der Waals surface area contributed by atoms with E-state index in [9.17, 15) is 4.79 Å². The van der Waals surface area contributed by atoms with Gasteiger partial charge in [0.25, 0.3) is 0 Å². The first-order valence-electron chi connectivity index (χ1n) is 11.9. The van der Waals surface area contributed by atoms with E-state index in [-0.39, 0.29) is 12.5 Å². The summed E-state index contributed by atoms with van der Waals surface area (Å²) in [6.07, 6.45) is 1.88. The van der Waals surface area contributed by atoms with Gasteiger partial charge in [0, 0.05) is 37.4 Å². The van der Waals surface area contributed by atoms with Gasteiger partial charge in [0.1, 0.15) is 17.6 Å². The van der Waals surface area contributed by atoms with Crippen molar-refractivity contribution >= 4 is 28.1 Å². The summed E-state index contributed by atoms with van der Waals surface area (Å²) in [6.45, 7) is 13.9. The van der Waals surface area contributed by atoms with Crippen LogP contribution in [0.2, 0.25) is 0 Å². The first kappa shape index (κ1) is 25.0. The molecule has 0 spiro atoms. The van der Waals surface area contributed by atoms with Crippen LogP contribution in [0.1, 0.15) is 39.3 Å². The average molecular weight is 469 g/mol. The SMILES string of the molecule is CCCN1CCN(c2ccc(-c3c(C)nsc3N[C@@H](CC(C)C)C(=O)NCC#N)cc2)CC1. The molecule has 0 saturated carbocycles. The number of nitriles is 1. The summed E-state index contributed by atoms with van der Waals surface area (Å²) in [6, 6.07) is 10.3. The zero-order valence-electron chi connectivity index (χ0n) is 20.2. The van der Waals surface area contributed by atoms with E-state index in [0.29, 0.717) is 12.3 Å². The van der Waals surface area contributed by atoms with Crippen molar-refractivity contribution in [3.05, 3.63) is 30.0 Å². The van der Waals surface area contributed by atoms with Gasteiger partial charge in [0.15, 0.2) is 0 Å². The van der Waals surface area contributed by atoms with Crippen molar-refractivity contribution in [3.63, 3.8) is 0 Å². The number of carbonyl (C=O) groups excluding carboxylic acids is 1. The molecule has 1 fully saturated rings. The van der Waals surface area contributed by atoms with Crippen LogP contribution in [-0.4, -0.2) is 60.5 Å². The van der Waals surface area contributed by atoms with E-state index < -0.39 is 6.04 Å². The molecule has 3 rings (SSSR count). The Kier molecular flexibility index (Phi) is 9.10. The van der Waals surface area contributed by atoms with Crippen molar-refractivity contribution in [1.29, 1.82) is 5.26 Å². The maximum absolute atomic E-state index is 12.6. The topological polar surface area (TPSA) is 84.3 Å². The second-order valence-corrected chi connectivity index (χ2v) is 9.82. The quantitative estimate of drug-likeness (QED) is 0.511. The van der Waals surface area contributed by atoms with Crippen molar-refractivity contribution in [2.75, 3.05) is 49.5 Å². The number of carbonyl (C=O) groups is 1. The van der Waals surface area contributed by atoms with Gasteiger partial charge in [0.2, 0.25) is 5.91 Å². The molecule has 1 aliphatic rings. The van der Waals surface area contributed by atoms with Crippen LogP contribution in [0.5, 0.6) is 0 Å². The fraction of sp³-hybridized carbons (Fsp3) is 0.560. The Morgan fingerprint density at radius 3 is 2.52 bits per heavy atom. The third-order valence-electron chi connectivity index (χ3n) is 5.97. The summed E-state index contributed by atoms with van der Waals surface area (Å²) in [4.78, 5) is 17.6. The second-order valence-electron chi connectivity index (χ2n) is 9.05. The number of aromatic nitrogens is 1. The Morgan fingerprint density at radius 2 is 1.91 bits per heavy atom. The summed E-state index contributed by atoms with van der Waals surface area (Å²) in [5, 5.41) is 15.8. The van der Waals surface area contributed by atoms with Gasteiger partial charge in [0.05, 0.1) is 11.8 Å². The normalized spacial score (nSPS) is 15.3. The molecule has 33 heavy (non-hydrogen) atoms. The number of nitrogens with zero attached hydrogens (tertiary/aromatic N) is 4. The zero-order chi connectivity index (χ0) is 23.8. The molecule has 1 aromatic heterocycles. The van der Waals surface area contributed by atoms with E-state index in [4.69, 9.17) is 5.26 Å². The number of benzene rings is 1. The van der Waals surface area contributed by atoms with Crippen LogP contribution in [0, 0.1) is 24.2 Å². The lowest BCUT2D eigenvalue weighted by molar-refractivity contribution is -0.121. The highest BCUT2D eigenvalue weighted by atomic mass is 32.1. The van der Waals surface area contributed by atoms with Gasteiger partial charge in [-0.2, -0.15) is 9.64 Å². The fourth-order valence-electron chi connectivity index (χ4n) is 4.30. The summed E-state index contributed by atoms with van der Waals surface area (Å²) < 4.78 is 4.56. The number of amides is 1. The predicted molar refractivity (Wildman–Crippen MR) is 137 cm³/mol. The number of aryl methyl sites for hydroxylation is 1. The lowest BCUT2D eigenvalue weighted by atomic mass is 10.0. The standard InChI is InChI=1S/C25H36N6OS/c1-5-12-30-13-15-31(16-14-30)21-8-6-20(7-9-21)23-19(4)29-33-25(23)28-22(17-18(2)3)24(32)27-11-10-26/h6-9,18,22,28H,5,11-17H2,1-4H3,(H,27,32)/t22-/m0/s1. The average Bonchev–Trinajstić information content (AvgIpc) is 3.17. The number of hydrogen-bond donors (Lipinski definition) is 2. The number of hydrogen-bond acceptors (Lipinski definition) is 7. The number of nitrogens with one attached hydrogen (secondary N) is 2. The van der Waals surface area contributed by atoms with Gasteiger partial charge in [-0.25, -0.2) is 0 Å². The van der Waals surface area contributed by atoms with Gasteiger partial charge in [-0.05, 0) is 61.5 Å². The molecule has 0 bridgehead atoms. The van der Waals surface area contributed by atoms with Crippen LogP contribution in [0.25, 0.3) is 11.1 Å². The van der Waals surface area contributed by atoms with Crippen molar-refractivity contribution in [2.45, 2.75) is 46.6 Å². The number of piperazine rings is 1. The fourth-order valence-corrected chi connectivity index (χ4v) is 5.18. The maximum atomic E-state index is 12.6. The van der Waals surface area contributed by atoms with E-state index >= 15 is 0 Å². The minimum atomic E-state index is -0.407. The lowest BCUT2D eigenvalue weighted by Gasteiger charge is -2.36. The molecule has 1 amide bonds. The number of anilines is 2. The zero-order valence-corrected chi connectivity index (χ0v) is 21.0. The highest BCUT2D eigenvalue weighted by Crippen LogP contribution is 2.36. The minimum absolute atomic E-state index is 0.0118. The first-order valence-corrected chi connectivity index (χ1v) is 12.7. The van der Waals surface area contributed by atoms with Crippen LogP contribution in [0.3, 0.4) is 0 Å². The molecule has 0 unspecified atom stereocenters. The molecular formula is C25H36N6OS. The molecule has 8 heteroatoms. The largest absolute Gasteiger partial charge is 0.369 e. The molecule has 2 N–H and O–H groups in total. The van der Waals surface area contributed by atoms with Crippen molar-refractivity contribution < 1.29 is 4.79 Å². The Morgan fingerprint density at radius 1 is 1.21 bits per heavy atom. The first-order chi connectivity index (χ1) is 15.9. The molecule has 0 radical (unpaired) electrons. The summed E-state index contributed by atoms with van der Waals surface area (Å²) in [7, 11) is 0. The molecule has 2 heterocycles. The Labute approximate surface area is 201 Å². The van der Waals surface area contributed by atoms with E-state index in [1.165, 1.54) is 30.2 Å². The third-order valence-corrected chi connectivity index (χ3v) is 6.84. The maximum Gasteiger partial charge on any atom is 0.243 e. The van der Waals surface area contributed by atoms with Crippen molar-refractivity contribution in [3.8, 4) is 17.2 Å². The second kappa shape index (κ2) is 12.0. The molecule has 1 saturated heterocycles. The smallest absolute Gasteiger partial charge is 0.243 e. The molecule has 1 aromatic carbocycles. The molecule has 1 atom stereocenters. The third kappa shape index (κ3) is 6.68. The highest BCUT2D eigenvalue weighted by molar-refractivity contribution is 7.11. The van der Waals surface area contributed by atoms with E-state index in [0.717, 1.165) is 48.0 Å². The van der Waals surface area contributed by atoms with Gasteiger partial charge >= 0.3 is 0 Å². The summed E-state index contributed by atoms with van der Waals surface area (Å²) in [5.74, 6) is 0.185. The molecule has 2 aromatic rings. The predicted octanol–water partition coefficient (Wildman–Crippen LogP) is 4.12. The van der Waals surface area contributed by atoms with E-state index in [1.807, 2.05) is 13.0 Å². The monoisotopic (exact) mass is 468 g/mol. The lowest BCUT2D eigenvalue weighted by Crippen LogP contribution is -2.46. The Hall–Kier alpha value is -2.63. The summed E-state index contributed by atoms with van der Waals surface area (Å²) >= 11 is 1.38. The number of rotatable bonds is 10. The van der Waals surface area contributed by atoms with Crippen LogP contribution in [0.4, 0.5) is 10.7 Å². The Balaban J connectivity index is 1.74. The van der Waals surface area contributed by atoms with Crippen LogP contribution in [0.15, 0.2) is 24.3 Å². The van der Waals surface area contributed by atoms with Gasteiger partial charge in [-0.1, -0.05) is 32.9 Å². The van der Waals surface area contributed by atoms with E-state index in [1.54, 1.807) is 0 Å². The highest BCUT2D eigenvalue weighted by Gasteiger charge is 2.23. The van der Waals surface area contributed by atoms with Crippen molar-refractivity contribution in [1.82, 2.24) is 14.6 Å². The van der Waals surface area contributed by atoms with E-state index in [2.05, 4.69) is 69.8 Å². The van der Waals surface area contributed by atoms with Gasteiger partial charge in [-0.15, -0.1) is 0 Å². The Bertz CT molecular complexity index is 941. The van der Waals surface area contributed by atoms with Crippen LogP contribution in [-0.2, 0) is 4.79 Å². The minimum Gasteiger partial charge on any atom is -0.369 e. The van der Waals surface area contributed by atoms with Crippen LogP contribution >= 0.6 is 11.5 Å². The van der Waals surface area contributed by atoms with Crippen LogP contribution < -0.4 is 15.5 Å². The molecular weight excluding hydrogens is 432 g/mol. The molecule has 0 aliphatic carbocycles. The van der Waals surface area contributed by atoms with Crippen molar-refractivity contribution in [2.24, 2.45) is 5.92 Å². The van der Waals surface area contributed by atoms with Gasteiger partial charge in [-0.3, -0.25) is 9.69 Å². The summed E-state index contributed by atoms with van der Waals surface area (Å²) in [5.41, 5.74) is 4.34.